The zero-order chi connectivity index (χ0) is 8.22. The highest BCUT2D eigenvalue weighted by Crippen LogP contribution is 2.59. The Kier molecular flexibility index (Phi) is 1.48. The molecule has 2 heteroatoms. The molecule has 0 radical (unpaired) electrons. The van der Waals surface area contributed by atoms with Gasteiger partial charge in [-0.25, -0.2) is 0 Å². The Bertz CT molecular complexity index is 210. The molecule has 0 spiro atoms. The van der Waals surface area contributed by atoms with Gasteiger partial charge in [0.15, 0.2) is 0 Å². The fraction of sp³-hybridized carbons (Fsp3) is 0.889. The number of hydrogen-bond acceptors (Lipinski definition) is 1. The van der Waals surface area contributed by atoms with Crippen LogP contribution in [0.1, 0.15) is 26.7 Å². The lowest BCUT2D eigenvalue weighted by Gasteiger charge is -2.57. The molecular formula is C9H13BrO. The molecule has 0 saturated heterocycles. The molecular weight excluding hydrogens is 204 g/mol. The van der Waals surface area contributed by atoms with Crippen LogP contribution in [-0.2, 0) is 4.79 Å². The lowest BCUT2D eigenvalue weighted by molar-refractivity contribution is -0.138. The van der Waals surface area contributed by atoms with E-state index in [0.717, 1.165) is 6.42 Å². The van der Waals surface area contributed by atoms with Crippen molar-refractivity contribution in [2.75, 3.05) is 0 Å². The number of alkyl halides is 1. The van der Waals surface area contributed by atoms with Gasteiger partial charge in [-0.2, -0.15) is 0 Å². The molecule has 0 aromatic heterocycles. The van der Waals surface area contributed by atoms with Gasteiger partial charge in [-0.1, -0.05) is 29.8 Å². The van der Waals surface area contributed by atoms with Gasteiger partial charge in [0, 0.05) is 6.42 Å². The van der Waals surface area contributed by atoms with E-state index < -0.39 is 0 Å². The summed E-state index contributed by atoms with van der Waals surface area (Å²) in [5.41, 5.74) is 0.419. The second-order valence-electron chi connectivity index (χ2n) is 4.43. The summed E-state index contributed by atoms with van der Waals surface area (Å²) in [4.78, 5) is 11.4. The van der Waals surface area contributed by atoms with Crippen LogP contribution in [0.15, 0.2) is 0 Å². The summed E-state index contributed by atoms with van der Waals surface area (Å²) >= 11 is 3.48. The fourth-order valence-corrected chi connectivity index (χ4v) is 3.56. The van der Waals surface area contributed by atoms with Crippen molar-refractivity contribution in [1.29, 1.82) is 0 Å². The Hall–Kier alpha value is 0.150. The maximum Gasteiger partial charge on any atom is 0.147 e. The average Bonchev–Trinajstić information content (AvgIpc) is 1.93. The Morgan fingerprint density at radius 1 is 1.55 bits per heavy atom. The first-order valence-corrected chi connectivity index (χ1v) is 5.12. The van der Waals surface area contributed by atoms with Crippen molar-refractivity contribution in [2.45, 2.75) is 31.5 Å². The summed E-state index contributed by atoms with van der Waals surface area (Å²) < 4.78 is 0. The van der Waals surface area contributed by atoms with Crippen molar-refractivity contribution in [1.82, 2.24) is 0 Å². The number of rotatable bonds is 0. The Labute approximate surface area is 75.7 Å². The lowest BCUT2D eigenvalue weighted by atomic mass is 9.48. The monoisotopic (exact) mass is 216 g/mol. The maximum atomic E-state index is 11.3. The van der Waals surface area contributed by atoms with Crippen LogP contribution in [0.25, 0.3) is 0 Å². The van der Waals surface area contributed by atoms with Crippen LogP contribution in [-0.4, -0.2) is 10.6 Å². The molecule has 0 aliphatic heterocycles. The normalized spacial score (nSPS) is 46.8. The fourth-order valence-electron chi connectivity index (χ4n) is 2.48. The number of halogens is 1. The van der Waals surface area contributed by atoms with E-state index in [1.165, 1.54) is 6.42 Å². The summed E-state index contributed by atoms with van der Waals surface area (Å²) in [6.45, 7) is 4.57. The number of ketones is 1. The molecule has 1 nitrogen and oxygen atoms in total. The molecule has 3 saturated carbocycles. The van der Waals surface area contributed by atoms with E-state index in [2.05, 4.69) is 29.8 Å². The molecule has 2 bridgehead atoms. The third-order valence-corrected chi connectivity index (χ3v) is 4.80. The number of carbonyl (C=O) groups is 1. The number of carbonyl (C=O) groups excluding carboxylic acids is 1. The van der Waals surface area contributed by atoms with Gasteiger partial charge in [0.2, 0.25) is 0 Å². The van der Waals surface area contributed by atoms with Gasteiger partial charge >= 0.3 is 0 Å². The smallest absolute Gasteiger partial charge is 0.147 e. The van der Waals surface area contributed by atoms with E-state index in [1.807, 2.05) is 0 Å². The van der Waals surface area contributed by atoms with Crippen molar-refractivity contribution in [2.24, 2.45) is 17.3 Å². The maximum absolute atomic E-state index is 11.3. The largest absolute Gasteiger partial charge is 0.298 e. The molecule has 0 N–H and O–H groups in total. The predicted molar refractivity (Wildman–Crippen MR) is 47.7 cm³/mol. The second kappa shape index (κ2) is 2.09. The molecule has 3 rings (SSSR count). The van der Waals surface area contributed by atoms with E-state index in [-0.39, 0.29) is 4.83 Å². The minimum atomic E-state index is 0.155. The number of hydrogen-bond donors (Lipinski definition) is 0. The predicted octanol–water partition coefficient (Wildman–Crippen LogP) is 2.39. The first-order valence-electron chi connectivity index (χ1n) is 4.20. The molecule has 62 valence electrons. The van der Waals surface area contributed by atoms with Crippen LogP contribution in [0.3, 0.4) is 0 Å². The van der Waals surface area contributed by atoms with Gasteiger partial charge in [-0.15, -0.1) is 0 Å². The van der Waals surface area contributed by atoms with Crippen LogP contribution in [0, 0.1) is 17.3 Å². The van der Waals surface area contributed by atoms with Gasteiger partial charge < -0.3 is 0 Å². The van der Waals surface area contributed by atoms with Crippen molar-refractivity contribution >= 4 is 21.7 Å². The zero-order valence-corrected chi connectivity index (χ0v) is 8.52. The van der Waals surface area contributed by atoms with Gasteiger partial charge in [-0.3, -0.25) is 4.79 Å². The van der Waals surface area contributed by atoms with Gasteiger partial charge in [0.25, 0.3) is 0 Å². The zero-order valence-electron chi connectivity index (χ0n) is 6.93. The number of Topliss-reactive ketones (excluding diaryl/α,β-unsaturated/α-hetero) is 1. The molecule has 11 heavy (non-hydrogen) atoms. The van der Waals surface area contributed by atoms with Crippen molar-refractivity contribution in [3.63, 3.8) is 0 Å². The van der Waals surface area contributed by atoms with Crippen molar-refractivity contribution < 1.29 is 4.79 Å². The molecule has 3 fully saturated rings. The third-order valence-electron chi connectivity index (χ3n) is 3.65. The highest BCUT2D eigenvalue weighted by atomic mass is 79.9. The minimum Gasteiger partial charge on any atom is -0.298 e. The second-order valence-corrected chi connectivity index (χ2v) is 5.42. The Balaban J connectivity index is 2.23. The molecule has 0 unspecified atom stereocenters. The van der Waals surface area contributed by atoms with E-state index in [0.29, 0.717) is 23.0 Å². The van der Waals surface area contributed by atoms with E-state index in [1.54, 1.807) is 0 Å². The highest BCUT2D eigenvalue weighted by Gasteiger charge is 2.56. The standard InChI is InChI=1S/C9H13BrO/c1-9(2)5-3-6(9)8(10)7(11)4-5/h5-6,8H,3-4H2,1-2H3/t5-,6-,8-/m0/s1. The van der Waals surface area contributed by atoms with Crippen LogP contribution in [0.5, 0.6) is 0 Å². The van der Waals surface area contributed by atoms with Gasteiger partial charge in [-0.05, 0) is 23.7 Å². The van der Waals surface area contributed by atoms with Crippen LogP contribution in [0.4, 0.5) is 0 Å². The van der Waals surface area contributed by atoms with Crippen LogP contribution in [0.2, 0.25) is 0 Å². The molecule has 3 aliphatic rings. The molecule has 0 aromatic carbocycles. The van der Waals surface area contributed by atoms with E-state index in [4.69, 9.17) is 0 Å². The first kappa shape index (κ1) is 7.78. The molecule has 0 amide bonds. The quantitative estimate of drug-likeness (QED) is 0.569. The summed E-state index contributed by atoms with van der Waals surface area (Å²) in [5, 5.41) is 0. The molecule has 0 heterocycles. The summed E-state index contributed by atoms with van der Waals surface area (Å²) in [5.74, 6) is 1.70. The van der Waals surface area contributed by atoms with Crippen LogP contribution >= 0.6 is 15.9 Å². The summed E-state index contributed by atoms with van der Waals surface area (Å²) in [6, 6.07) is 0. The van der Waals surface area contributed by atoms with Crippen LogP contribution < -0.4 is 0 Å². The summed E-state index contributed by atoms with van der Waals surface area (Å²) in [7, 11) is 0. The first-order chi connectivity index (χ1) is 5.03. The molecule has 0 aromatic rings. The molecule has 3 aliphatic carbocycles. The number of fused-ring (bicyclic) bond motifs is 2. The van der Waals surface area contributed by atoms with E-state index in [9.17, 15) is 4.79 Å². The SMILES string of the molecule is CC1(C)[C@@H]2CC(=O)[C@@H](Br)[C@@H]1C2. The minimum absolute atomic E-state index is 0.155. The van der Waals surface area contributed by atoms with Crippen molar-refractivity contribution in [3.05, 3.63) is 0 Å². The Morgan fingerprint density at radius 2 is 2.18 bits per heavy atom. The topological polar surface area (TPSA) is 17.1 Å². The van der Waals surface area contributed by atoms with Crippen molar-refractivity contribution in [3.8, 4) is 0 Å². The average molecular weight is 217 g/mol. The third kappa shape index (κ3) is 0.851. The van der Waals surface area contributed by atoms with Gasteiger partial charge in [0.05, 0.1) is 4.83 Å². The highest BCUT2D eigenvalue weighted by molar-refractivity contribution is 9.10. The lowest BCUT2D eigenvalue weighted by Crippen LogP contribution is -2.56. The van der Waals surface area contributed by atoms with Gasteiger partial charge in [0.1, 0.15) is 5.78 Å². The molecule has 3 atom stereocenters. The van der Waals surface area contributed by atoms with E-state index >= 15 is 0 Å². The summed E-state index contributed by atoms with van der Waals surface area (Å²) in [6.07, 6.45) is 2.06. The Morgan fingerprint density at radius 3 is 2.55 bits per heavy atom.